The summed E-state index contributed by atoms with van der Waals surface area (Å²) in [7, 11) is -3.10. The standard InChI is InChI=1S/C11H14ClNO2S/c1-16(14,15)11-7-13-5-4-8-2-3-9(12)6-10(8)11/h2-3,6,11,13H,4-5,7H2,1H3/t11-/m0/s1. The maximum atomic E-state index is 11.7. The Morgan fingerprint density at radius 2 is 2.19 bits per heavy atom. The molecule has 0 radical (unpaired) electrons. The molecule has 0 spiro atoms. The van der Waals surface area contributed by atoms with Crippen LogP contribution in [0.25, 0.3) is 0 Å². The second-order valence-corrected chi connectivity index (χ2v) is 6.78. The predicted molar refractivity (Wildman–Crippen MR) is 65.6 cm³/mol. The molecule has 0 unspecified atom stereocenters. The number of halogens is 1. The normalized spacial score (nSPS) is 21.2. The number of fused-ring (bicyclic) bond motifs is 1. The molecule has 16 heavy (non-hydrogen) atoms. The van der Waals surface area contributed by atoms with Gasteiger partial charge >= 0.3 is 0 Å². The fourth-order valence-electron chi connectivity index (χ4n) is 2.04. The van der Waals surface area contributed by atoms with Gasteiger partial charge in [-0.15, -0.1) is 0 Å². The predicted octanol–water partition coefficient (Wildman–Crippen LogP) is 1.57. The Morgan fingerprint density at radius 1 is 1.44 bits per heavy atom. The number of benzene rings is 1. The SMILES string of the molecule is CS(=O)(=O)[C@H]1CNCCc2ccc(Cl)cc21. The van der Waals surface area contributed by atoms with Gasteiger partial charge in [0.1, 0.15) is 0 Å². The Balaban J connectivity index is 2.55. The number of sulfone groups is 1. The van der Waals surface area contributed by atoms with Crippen LogP contribution in [-0.4, -0.2) is 27.8 Å². The summed E-state index contributed by atoms with van der Waals surface area (Å²) in [5.41, 5.74) is 1.92. The van der Waals surface area contributed by atoms with E-state index in [1.54, 1.807) is 6.07 Å². The second kappa shape index (κ2) is 4.35. The molecular formula is C11H14ClNO2S. The van der Waals surface area contributed by atoms with Crippen LogP contribution in [-0.2, 0) is 16.3 Å². The first-order chi connectivity index (χ1) is 7.48. The van der Waals surface area contributed by atoms with Crippen molar-refractivity contribution in [2.45, 2.75) is 11.7 Å². The van der Waals surface area contributed by atoms with Crippen molar-refractivity contribution < 1.29 is 8.42 Å². The number of rotatable bonds is 1. The van der Waals surface area contributed by atoms with Gasteiger partial charge in [-0.3, -0.25) is 0 Å². The summed E-state index contributed by atoms with van der Waals surface area (Å²) in [6, 6.07) is 5.50. The van der Waals surface area contributed by atoms with Crippen LogP contribution in [0.4, 0.5) is 0 Å². The van der Waals surface area contributed by atoms with E-state index in [-0.39, 0.29) is 0 Å². The summed E-state index contributed by atoms with van der Waals surface area (Å²) < 4.78 is 23.5. The molecule has 88 valence electrons. The van der Waals surface area contributed by atoms with E-state index < -0.39 is 15.1 Å². The topological polar surface area (TPSA) is 46.2 Å². The van der Waals surface area contributed by atoms with Crippen molar-refractivity contribution in [1.82, 2.24) is 5.32 Å². The first-order valence-electron chi connectivity index (χ1n) is 5.16. The third-order valence-corrected chi connectivity index (χ3v) is 4.56. The number of hydrogen-bond donors (Lipinski definition) is 1. The van der Waals surface area contributed by atoms with E-state index in [9.17, 15) is 8.42 Å². The molecule has 1 aromatic carbocycles. The zero-order valence-electron chi connectivity index (χ0n) is 9.03. The molecule has 3 nitrogen and oxygen atoms in total. The highest BCUT2D eigenvalue weighted by molar-refractivity contribution is 7.91. The van der Waals surface area contributed by atoms with Gasteiger partial charge in [-0.05, 0) is 36.2 Å². The van der Waals surface area contributed by atoms with E-state index in [0.29, 0.717) is 11.6 Å². The lowest BCUT2D eigenvalue weighted by molar-refractivity contribution is 0.580. The fraction of sp³-hybridized carbons (Fsp3) is 0.455. The molecule has 1 aliphatic heterocycles. The van der Waals surface area contributed by atoms with E-state index in [1.807, 2.05) is 12.1 Å². The Kier molecular flexibility index (Phi) is 3.24. The fourth-order valence-corrected chi connectivity index (χ4v) is 3.32. The van der Waals surface area contributed by atoms with Crippen LogP contribution in [0.1, 0.15) is 16.4 Å². The Morgan fingerprint density at radius 3 is 2.88 bits per heavy atom. The maximum Gasteiger partial charge on any atom is 0.155 e. The summed E-state index contributed by atoms with van der Waals surface area (Å²) in [4.78, 5) is 0. The number of hydrogen-bond acceptors (Lipinski definition) is 3. The summed E-state index contributed by atoms with van der Waals surface area (Å²) in [5.74, 6) is 0. The Bertz CT molecular complexity index is 499. The zero-order valence-corrected chi connectivity index (χ0v) is 10.6. The molecule has 0 saturated carbocycles. The Labute approximate surface area is 101 Å². The molecule has 0 fully saturated rings. The van der Waals surface area contributed by atoms with Gasteiger partial charge in [0, 0.05) is 17.8 Å². The quantitative estimate of drug-likeness (QED) is 0.833. The van der Waals surface area contributed by atoms with Crippen molar-refractivity contribution in [2.75, 3.05) is 19.3 Å². The van der Waals surface area contributed by atoms with Crippen LogP contribution in [0.2, 0.25) is 5.02 Å². The highest BCUT2D eigenvalue weighted by Crippen LogP contribution is 2.29. The minimum atomic E-state index is -3.10. The zero-order chi connectivity index (χ0) is 11.8. The molecule has 5 heteroatoms. The summed E-state index contributed by atoms with van der Waals surface area (Å²) in [5, 5.41) is 3.26. The molecule has 0 aromatic heterocycles. The van der Waals surface area contributed by atoms with E-state index in [1.165, 1.54) is 6.26 Å². The van der Waals surface area contributed by atoms with E-state index in [4.69, 9.17) is 11.6 Å². The van der Waals surface area contributed by atoms with Crippen LogP contribution in [0.3, 0.4) is 0 Å². The van der Waals surface area contributed by atoms with Crippen LogP contribution >= 0.6 is 11.6 Å². The largest absolute Gasteiger partial charge is 0.315 e. The smallest absolute Gasteiger partial charge is 0.155 e. The van der Waals surface area contributed by atoms with Crippen molar-refractivity contribution >= 4 is 21.4 Å². The van der Waals surface area contributed by atoms with Gasteiger partial charge in [-0.1, -0.05) is 17.7 Å². The first kappa shape index (κ1) is 11.9. The van der Waals surface area contributed by atoms with Crippen molar-refractivity contribution in [1.29, 1.82) is 0 Å². The van der Waals surface area contributed by atoms with Gasteiger partial charge in [0.25, 0.3) is 0 Å². The van der Waals surface area contributed by atoms with Crippen LogP contribution in [0.5, 0.6) is 0 Å². The first-order valence-corrected chi connectivity index (χ1v) is 7.49. The molecule has 0 saturated heterocycles. The van der Waals surface area contributed by atoms with Crippen LogP contribution in [0.15, 0.2) is 18.2 Å². The Hall–Kier alpha value is -0.580. The highest BCUT2D eigenvalue weighted by atomic mass is 35.5. The van der Waals surface area contributed by atoms with Crippen LogP contribution < -0.4 is 5.32 Å². The van der Waals surface area contributed by atoms with E-state index in [0.717, 1.165) is 24.1 Å². The molecule has 2 rings (SSSR count). The number of nitrogens with one attached hydrogen (secondary N) is 1. The van der Waals surface area contributed by atoms with E-state index >= 15 is 0 Å². The monoisotopic (exact) mass is 259 g/mol. The molecule has 1 aliphatic rings. The lowest BCUT2D eigenvalue weighted by atomic mass is 10.0. The summed E-state index contributed by atoms with van der Waals surface area (Å²) >= 11 is 5.93. The molecule has 0 aliphatic carbocycles. The van der Waals surface area contributed by atoms with Gasteiger partial charge in [-0.25, -0.2) is 8.42 Å². The average Bonchev–Trinajstić information content (AvgIpc) is 2.38. The molecule has 0 amide bonds. The lowest BCUT2D eigenvalue weighted by Crippen LogP contribution is -2.25. The van der Waals surface area contributed by atoms with Crippen molar-refractivity contribution in [3.8, 4) is 0 Å². The van der Waals surface area contributed by atoms with Gasteiger partial charge in [0.15, 0.2) is 9.84 Å². The average molecular weight is 260 g/mol. The molecular weight excluding hydrogens is 246 g/mol. The summed E-state index contributed by atoms with van der Waals surface area (Å²) in [6.45, 7) is 1.27. The molecule has 0 bridgehead atoms. The highest BCUT2D eigenvalue weighted by Gasteiger charge is 2.26. The minimum Gasteiger partial charge on any atom is -0.315 e. The molecule has 1 aromatic rings. The van der Waals surface area contributed by atoms with Gasteiger partial charge in [0.05, 0.1) is 5.25 Å². The molecule has 1 atom stereocenters. The van der Waals surface area contributed by atoms with Crippen molar-refractivity contribution in [3.05, 3.63) is 34.3 Å². The third-order valence-electron chi connectivity index (χ3n) is 2.87. The van der Waals surface area contributed by atoms with Crippen LogP contribution in [0, 0.1) is 0 Å². The lowest BCUT2D eigenvalue weighted by Gasteiger charge is -2.15. The third kappa shape index (κ3) is 2.39. The second-order valence-electron chi connectivity index (χ2n) is 4.12. The van der Waals surface area contributed by atoms with Crippen molar-refractivity contribution in [2.24, 2.45) is 0 Å². The maximum absolute atomic E-state index is 11.7. The van der Waals surface area contributed by atoms with Gasteiger partial charge < -0.3 is 5.32 Å². The molecule has 1 heterocycles. The van der Waals surface area contributed by atoms with E-state index in [2.05, 4.69) is 5.32 Å². The minimum absolute atomic E-state index is 0.464. The van der Waals surface area contributed by atoms with Gasteiger partial charge in [0.2, 0.25) is 0 Å². The summed E-state index contributed by atoms with van der Waals surface area (Å²) in [6.07, 6.45) is 2.12. The molecule has 1 N–H and O–H groups in total. The van der Waals surface area contributed by atoms with Crippen molar-refractivity contribution in [3.63, 3.8) is 0 Å². The van der Waals surface area contributed by atoms with Gasteiger partial charge in [-0.2, -0.15) is 0 Å².